The van der Waals surface area contributed by atoms with Crippen molar-refractivity contribution in [2.45, 2.75) is 98.7 Å². The second kappa shape index (κ2) is 7.90. The molecule has 0 N–H and O–H groups in total. The number of ether oxygens (including phenoxy) is 1. The molecule has 4 heteroatoms. The molecule has 0 aromatic rings. The number of carbonyl (C=O) groups is 1. The van der Waals surface area contributed by atoms with E-state index in [1.807, 2.05) is 6.92 Å². The van der Waals surface area contributed by atoms with Crippen LogP contribution in [0.3, 0.4) is 0 Å². The highest BCUT2D eigenvalue weighted by atomic mass is 28.4. The summed E-state index contributed by atoms with van der Waals surface area (Å²) in [6.45, 7) is 24.4. The summed E-state index contributed by atoms with van der Waals surface area (Å²) in [6.07, 6.45) is 6.21. The number of hydrogen-bond donors (Lipinski definition) is 0. The Kier molecular flexibility index (Phi) is 6.68. The molecule has 0 radical (unpaired) electrons. The van der Waals surface area contributed by atoms with Crippen molar-refractivity contribution in [3.8, 4) is 0 Å². The van der Waals surface area contributed by atoms with Gasteiger partial charge in [0.15, 0.2) is 8.32 Å². The maximum Gasteiger partial charge on any atom is 0.330 e. The molecule has 3 nitrogen and oxygen atoms in total. The first-order chi connectivity index (χ1) is 12.8. The summed E-state index contributed by atoms with van der Waals surface area (Å²) in [6, 6.07) is 0. The monoisotopic (exact) mass is 408 g/mol. The van der Waals surface area contributed by atoms with E-state index in [0.717, 1.165) is 13.0 Å². The van der Waals surface area contributed by atoms with Crippen molar-refractivity contribution in [3.05, 3.63) is 12.2 Å². The zero-order chi connectivity index (χ0) is 21.5. The molecule has 0 spiro atoms. The lowest BCUT2D eigenvalue weighted by Crippen LogP contribution is -2.64. The molecule has 0 amide bonds. The van der Waals surface area contributed by atoms with Crippen LogP contribution in [0, 0.1) is 22.2 Å². The summed E-state index contributed by atoms with van der Waals surface area (Å²) in [5, 5.41) is 0. The summed E-state index contributed by atoms with van der Waals surface area (Å²) in [7, 11) is -1.89. The third-order valence-corrected chi connectivity index (χ3v) is 15.1. The largest absolute Gasteiger partial charge is 0.463 e. The highest BCUT2D eigenvalue weighted by molar-refractivity contribution is 6.77. The quantitative estimate of drug-likeness (QED) is 0.241. The van der Waals surface area contributed by atoms with E-state index in [1.54, 1.807) is 6.08 Å². The molecule has 3 aliphatic rings. The van der Waals surface area contributed by atoms with Crippen LogP contribution < -0.4 is 0 Å². The first-order valence-corrected chi connectivity index (χ1v) is 13.5. The van der Waals surface area contributed by atoms with Gasteiger partial charge >= 0.3 is 5.97 Å². The lowest BCUT2D eigenvalue weighted by molar-refractivity contribution is -0.182. The van der Waals surface area contributed by atoms with E-state index < -0.39 is 8.32 Å². The number of hydrogen-bond acceptors (Lipinski definition) is 3. The Balaban J connectivity index is 2.30. The molecule has 0 aliphatic heterocycles. The second-order valence-corrected chi connectivity index (χ2v) is 16.3. The van der Waals surface area contributed by atoms with Crippen LogP contribution >= 0.6 is 0 Å². The van der Waals surface area contributed by atoms with Gasteiger partial charge in [-0.3, -0.25) is 0 Å². The van der Waals surface area contributed by atoms with Crippen LogP contribution in [0.1, 0.15) is 82.1 Å². The molecule has 0 heterocycles. The highest BCUT2D eigenvalue weighted by Gasteiger charge is 2.76. The molecule has 3 rings (SSSR count). The molecule has 2 bridgehead atoms. The molecule has 1 unspecified atom stereocenters. The average molecular weight is 409 g/mol. The van der Waals surface area contributed by atoms with E-state index in [2.05, 4.69) is 68.4 Å². The Hall–Kier alpha value is -0.613. The second-order valence-electron chi connectivity index (χ2n) is 10.8. The Morgan fingerprint density at radius 3 is 2.00 bits per heavy atom. The molecule has 3 saturated carbocycles. The Bertz CT molecular complexity index is 585. The molecular weight excluding hydrogens is 364 g/mol. The number of carbonyl (C=O) groups excluding carboxylic acids is 1. The first-order valence-electron chi connectivity index (χ1n) is 11.3. The third kappa shape index (κ3) is 3.14. The Morgan fingerprint density at radius 2 is 1.57 bits per heavy atom. The van der Waals surface area contributed by atoms with Crippen LogP contribution in [0.4, 0.5) is 0 Å². The summed E-state index contributed by atoms with van der Waals surface area (Å²) < 4.78 is 12.2. The molecule has 162 valence electrons. The first kappa shape index (κ1) is 23.7. The van der Waals surface area contributed by atoms with Crippen molar-refractivity contribution in [3.63, 3.8) is 0 Å². The van der Waals surface area contributed by atoms with E-state index >= 15 is 0 Å². The molecule has 3 fully saturated rings. The highest BCUT2D eigenvalue weighted by Crippen LogP contribution is 2.81. The van der Waals surface area contributed by atoms with Crippen LogP contribution in [0.2, 0.25) is 16.6 Å². The SMILES string of the molecule is CCOC(=O)/C=C/[C@@]12CC[C@@](C)(C1CO[Si](C(C)C)(C(C)C)C(C)C)C2(C)C. The summed E-state index contributed by atoms with van der Waals surface area (Å²) >= 11 is 0. The maximum absolute atomic E-state index is 12.0. The lowest BCUT2D eigenvalue weighted by Gasteiger charge is -2.67. The van der Waals surface area contributed by atoms with E-state index in [4.69, 9.17) is 9.16 Å². The van der Waals surface area contributed by atoms with Gasteiger partial charge in [-0.2, -0.15) is 0 Å². The van der Waals surface area contributed by atoms with Gasteiger partial charge in [-0.15, -0.1) is 0 Å². The van der Waals surface area contributed by atoms with Crippen molar-refractivity contribution in [1.82, 2.24) is 0 Å². The molecular formula is C24H44O3Si. The maximum atomic E-state index is 12.0. The van der Waals surface area contributed by atoms with E-state index in [1.165, 1.54) is 6.42 Å². The smallest absolute Gasteiger partial charge is 0.330 e. The molecule has 0 aromatic heterocycles. The number of fused-ring (bicyclic) bond motifs is 1. The van der Waals surface area contributed by atoms with Crippen LogP contribution in [0.5, 0.6) is 0 Å². The van der Waals surface area contributed by atoms with Gasteiger partial charge in [0, 0.05) is 12.7 Å². The van der Waals surface area contributed by atoms with Crippen molar-refractivity contribution in [2.24, 2.45) is 22.2 Å². The zero-order valence-electron chi connectivity index (χ0n) is 20.0. The van der Waals surface area contributed by atoms with Gasteiger partial charge < -0.3 is 9.16 Å². The molecule has 0 aromatic carbocycles. The Morgan fingerprint density at radius 1 is 1.04 bits per heavy atom. The van der Waals surface area contributed by atoms with Crippen molar-refractivity contribution in [2.75, 3.05) is 13.2 Å². The third-order valence-electron chi connectivity index (χ3n) is 9.05. The molecule has 0 saturated heterocycles. The zero-order valence-corrected chi connectivity index (χ0v) is 21.0. The summed E-state index contributed by atoms with van der Waals surface area (Å²) in [5.41, 5.74) is 2.27. The summed E-state index contributed by atoms with van der Waals surface area (Å²) in [4.78, 5) is 12.0. The minimum absolute atomic E-state index is 0.0413. The topological polar surface area (TPSA) is 35.5 Å². The molecule has 3 atom stereocenters. The van der Waals surface area contributed by atoms with Crippen LogP contribution in [0.15, 0.2) is 12.2 Å². The summed E-state index contributed by atoms with van der Waals surface area (Å²) in [5.74, 6) is 0.256. The van der Waals surface area contributed by atoms with Gasteiger partial charge in [0.05, 0.1) is 6.61 Å². The Labute approximate surface area is 174 Å². The fraction of sp³-hybridized carbons (Fsp3) is 0.875. The van der Waals surface area contributed by atoms with Gasteiger partial charge in [0.2, 0.25) is 0 Å². The van der Waals surface area contributed by atoms with Gasteiger partial charge in [0.1, 0.15) is 0 Å². The van der Waals surface area contributed by atoms with Gasteiger partial charge in [-0.1, -0.05) is 68.4 Å². The van der Waals surface area contributed by atoms with Crippen molar-refractivity contribution in [1.29, 1.82) is 0 Å². The minimum atomic E-state index is -1.89. The standard InChI is InChI=1S/C24H44O3Si/c1-11-26-21(25)12-13-24-15-14-23(10,22(24,8)9)20(24)16-27-28(17(2)3,18(4)5)19(6)7/h12-13,17-20H,11,14-16H2,1-10H3/b13-12+/t20?,23-,24+/m0/s1. The van der Waals surface area contributed by atoms with Gasteiger partial charge in [0.25, 0.3) is 0 Å². The fourth-order valence-electron chi connectivity index (χ4n) is 7.21. The van der Waals surface area contributed by atoms with Gasteiger partial charge in [-0.05, 0) is 58.6 Å². The van der Waals surface area contributed by atoms with Crippen molar-refractivity contribution < 1.29 is 14.0 Å². The molecule has 28 heavy (non-hydrogen) atoms. The number of rotatable bonds is 9. The predicted molar refractivity (Wildman–Crippen MR) is 120 cm³/mol. The van der Waals surface area contributed by atoms with Crippen LogP contribution in [-0.2, 0) is 14.0 Å². The number of esters is 1. The predicted octanol–water partition coefficient (Wildman–Crippen LogP) is 6.74. The van der Waals surface area contributed by atoms with Crippen LogP contribution in [-0.4, -0.2) is 27.5 Å². The van der Waals surface area contributed by atoms with Crippen LogP contribution in [0.25, 0.3) is 0 Å². The lowest BCUT2D eigenvalue weighted by atomic mass is 9.38. The molecule has 3 aliphatic carbocycles. The van der Waals surface area contributed by atoms with E-state index in [9.17, 15) is 4.79 Å². The number of allylic oxidation sites excluding steroid dienone is 1. The average Bonchev–Trinajstić information content (AvgIpc) is 2.99. The van der Waals surface area contributed by atoms with Crippen molar-refractivity contribution >= 4 is 14.3 Å². The minimum Gasteiger partial charge on any atom is -0.463 e. The van der Waals surface area contributed by atoms with Gasteiger partial charge in [-0.25, -0.2) is 4.79 Å². The van der Waals surface area contributed by atoms with E-state index in [-0.39, 0.29) is 22.2 Å². The fourth-order valence-corrected chi connectivity index (χ4v) is 12.7. The normalized spacial score (nSPS) is 31.8. The van der Waals surface area contributed by atoms with E-state index in [0.29, 0.717) is 29.1 Å².